The van der Waals surface area contributed by atoms with E-state index in [1.54, 1.807) is 6.20 Å². The van der Waals surface area contributed by atoms with Crippen molar-refractivity contribution in [2.75, 3.05) is 26.7 Å². The quantitative estimate of drug-likeness (QED) is 0.789. The minimum Gasteiger partial charge on any atom is -0.334 e. The molecule has 3 aromatic rings. The van der Waals surface area contributed by atoms with Crippen LogP contribution in [0.3, 0.4) is 0 Å². The SMILES string of the molecule is Cc1cccc(-n2ncc(-c3nc(C4CNCCN4C)no3)c2C)c1. The van der Waals surface area contributed by atoms with Gasteiger partial charge in [0.05, 0.1) is 29.2 Å². The molecule has 0 radical (unpaired) electrons. The Bertz CT molecular complexity index is 883. The largest absolute Gasteiger partial charge is 0.334 e. The zero-order chi connectivity index (χ0) is 17.4. The molecule has 3 heterocycles. The van der Waals surface area contributed by atoms with Gasteiger partial charge in [-0.15, -0.1) is 0 Å². The summed E-state index contributed by atoms with van der Waals surface area (Å²) in [5.41, 5.74) is 4.07. The molecule has 0 aliphatic carbocycles. The summed E-state index contributed by atoms with van der Waals surface area (Å²) in [6.45, 7) is 6.88. The molecule has 4 rings (SSSR count). The van der Waals surface area contributed by atoms with Crippen LogP contribution in [0.1, 0.15) is 23.1 Å². The first-order valence-corrected chi connectivity index (χ1v) is 8.50. The molecule has 1 atom stereocenters. The molecule has 7 heteroatoms. The average Bonchev–Trinajstić information content (AvgIpc) is 3.22. The van der Waals surface area contributed by atoms with Gasteiger partial charge < -0.3 is 9.84 Å². The van der Waals surface area contributed by atoms with Crippen LogP contribution in [0.2, 0.25) is 0 Å². The summed E-state index contributed by atoms with van der Waals surface area (Å²) in [6.07, 6.45) is 1.79. The molecule has 1 aliphatic heterocycles. The number of benzene rings is 1. The topological polar surface area (TPSA) is 72.0 Å². The Kier molecular flexibility index (Phi) is 4.10. The van der Waals surface area contributed by atoms with Crippen molar-refractivity contribution in [3.63, 3.8) is 0 Å². The molecule has 25 heavy (non-hydrogen) atoms. The van der Waals surface area contributed by atoms with E-state index in [2.05, 4.69) is 51.6 Å². The molecule has 1 unspecified atom stereocenters. The number of nitrogens with zero attached hydrogens (tertiary/aromatic N) is 5. The molecule has 1 aromatic carbocycles. The third-order valence-electron chi connectivity index (χ3n) is 4.74. The number of rotatable bonds is 3. The predicted molar refractivity (Wildman–Crippen MR) is 94.6 cm³/mol. The zero-order valence-electron chi connectivity index (χ0n) is 14.7. The summed E-state index contributed by atoms with van der Waals surface area (Å²) in [5.74, 6) is 1.23. The van der Waals surface area contributed by atoms with Crippen LogP contribution in [0, 0.1) is 13.8 Å². The van der Waals surface area contributed by atoms with Crippen LogP contribution in [0.5, 0.6) is 0 Å². The summed E-state index contributed by atoms with van der Waals surface area (Å²) in [7, 11) is 2.09. The highest BCUT2D eigenvalue weighted by Gasteiger charge is 2.26. The normalized spacial score (nSPS) is 18.6. The van der Waals surface area contributed by atoms with E-state index in [9.17, 15) is 0 Å². The molecule has 1 aliphatic rings. The number of piperazine rings is 1. The van der Waals surface area contributed by atoms with Crippen molar-refractivity contribution in [1.82, 2.24) is 30.1 Å². The fraction of sp³-hybridized carbons (Fsp3) is 0.389. The van der Waals surface area contributed by atoms with Crippen molar-refractivity contribution in [3.05, 3.63) is 47.5 Å². The maximum atomic E-state index is 5.54. The van der Waals surface area contributed by atoms with E-state index in [-0.39, 0.29) is 6.04 Å². The average molecular weight is 338 g/mol. The second-order valence-corrected chi connectivity index (χ2v) is 6.55. The van der Waals surface area contributed by atoms with E-state index >= 15 is 0 Å². The molecule has 2 aromatic heterocycles. The van der Waals surface area contributed by atoms with Gasteiger partial charge in [0, 0.05) is 19.6 Å². The Morgan fingerprint density at radius 1 is 1.28 bits per heavy atom. The van der Waals surface area contributed by atoms with Crippen LogP contribution >= 0.6 is 0 Å². The van der Waals surface area contributed by atoms with Gasteiger partial charge in [-0.3, -0.25) is 4.90 Å². The number of nitrogens with one attached hydrogen (secondary N) is 1. The van der Waals surface area contributed by atoms with Crippen LogP contribution < -0.4 is 5.32 Å². The van der Waals surface area contributed by atoms with Crippen molar-refractivity contribution in [3.8, 4) is 17.1 Å². The maximum Gasteiger partial charge on any atom is 0.261 e. The number of hydrogen-bond donors (Lipinski definition) is 1. The fourth-order valence-corrected chi connectivity index (χ4v) is 3.21. The number of likely N-dealkylation sites (N-methyl/N-ethyl adjacent to an activating group) is 1. The van der Waals surface area contributed by atoms with Gasteiger partial charge in [0.25, 0.3) is 5.89 Å². The summed E-state index contributed by atoms with van der Waals surface area (Å²) in [4.78, 5) is 6.87. The molecular formula is C18H22N6O. The smallest absolute Gasteiger partial charge is 0.261 e. The molecule has 0 amide bonds. The van der Waals surface area contributed by atoms with Crippen molar-refractivity contribution >= 4 is 0 Å². The first-order valence-electron chi connectivity index (χ1n) is 8.50. The van der Waals surface area contributed by atoms with Crippen molar-refractivity contribution < 1.29 is 4.52 Å². The van der Waals surface area contributed by atoms with E-state index in [1.165, 1.54) is 5.56 Å². The second-order valence-electron chi connectivity index (χ2n) is 6.55. The molecule has 1 N–H and O–H groups in total. The summed E-state index contributed by atoms with van der Waals surface area (Å²) in [5, 5.41) is 12.1. The molecule has 1 fully saturated rings. The number of aromatic nitrogens is 4. The molecule has 0 saturated carbocycles. The third-order valence-corrected chi connectivity index (χ3v) is 4.74. The van der Waals surface area contributed by atoms with Crippen LogP contribution in [0.4, 0.5) is 0 Å². The van der Waals surface area contributed by atoms with Gasteiger partial charge in [-0.1, -0.05) is 17.3 Å². The summed E-state index contributed by atoms with van der Waals surface area (Å²) < 4.78 is 7.44. The molecule has 0 bridgehead atoms. The lowest BCUT2D eigenvalue weighted by Crippen LogP contribution is -2.44. The Morgan fingerprint density at radius 3 is 2.96 bits per heavy atom. The van der Waals surface area contributed by atoms with Crippen molar-refractivity contribution in [2.45, 2.75) is 19.9 Å². The van der Waals surface area contributed by atoms with Crippen LogP contribution in [-0.4, -0.2) is 51.5 Å². The lowest BCUT2D eigenvalue weighted by Gasteiger charge is -2.30. The third kappa shape index (κ3) is 2.96. The van der Waals surface area contributed by atoms with Gasteiger partial charge in [0.1, 0.15) is 0 Å². The minimum atomic E-state index is 0.137. The molecule has 7 nitrogen and oxygen atoms in total. The number of hydrogen-bond acceptors (Lipinski definition) is 6. The van der Waals surface area contributed by atoms with Crippen LogP contribution in [-0.2, 0) is 0 Å². The van der Waals surface area contributed by atoms with Gasteiger partial charge in [0.15, 0.2) is 5.82 Å². The van der Waals surface area contributed by atoms with Crippen molar-refractivity contribution in [1.29, 1.82) is 0 Å². The fourth-order valence-electron chi connectivity index (χ4n) is 3.21. The first-order chi connectivity index (χ1) is 12.1. The Morgan fingerprint density at radius 2 is 2.16 bits per heavy atom. The predicted octanol–water partition coefficient (Wildman–Crippen LogP) is 2.12. The molecule has 1 saturated heterocycles. The first kappa shape index (κ1) is 16.0. The Hall–Kier alpha value is -2.51. The van der Waals surface area contributed by atoms with Gasteiger partial charge in [-0.25, -0.2) is 4.68 Å². The van der Waals surface area contributed by atoms with Gasteiger partial charge in [-0.2, -0.15) is 10.1 Å². The Balaban J connectivity index is 1.65. The lowest BCUT2D eigenvalue weighted by atomic mass is 10.2. The molecular weight excluding hydrogens is 316 g/mol. The summed E-state index contributed by atoms with van der Waals surface area (Å²) in [6, 6.07) is 8.38. The molecule has 130 valence electrons. The van der Waals surface area contributed by atoms with Crippen LogP contribution in [0.25, 0.3) is 17.1 Å². The van der Waals surface area contributed by atoms with Crippen molar-refractivity contribution in [2.24, 2.45) is 0 Å². The monoisotopic (exact) mass is 338 g/mol. The second kappa shape index (κ2) is 6.42. The Labute approximate surface area is 146 Å². The van der Waals surface area contributed by atoms with E-state index < -0.39 is 0 Å². The van der Waals surface area contributed by atoms with E-state index in [0.29, 0.717) is 11.7 Å². The summed E-state index contributed by atoms with van der Waals surface area (Å²) >= 11 is 0. The van der Waals surface area contributed by atoms with E-state index in [4.69, 9.17) is 4.52 Å². The maximum absolute atomic E-state index is 5.54. The van der Waals surface area contributed by atoms with Gasteiger partial charge in [-0.05, 0) is 38.6 Å². The van der Waals surface area contributed by atoms with Crippen LogP contribution in [0.15, 0.2) is 35.0 Å². The van der Waals surface area contributed by atoms with Gasteiger partial charge >= 0.3 is 0 Å². The number of aryl methyl sites for hydroxylation is 1. The highest BCUT2D eigenvalue weighted by Crippen LogP contribution is 2.26. The zero-order valence-corrected chi connectivity index (χ0v) is 14.7. The highest BCUT2D eigenvalue weighted by atomic mass is 16.5. The van der Waals surface area contributed by atoms with E-state index in [1.807, 2.05) is 23.7 Å². The van der Waals surface area contributed by atoms with E-state index in [0.717, 1.165) is 36.6 Å². The molecule has 0 spiro atoms. The minimum absolute atomic E-state index is 0.137. The van der Waals surface area contributed by atoms with Gasteiger partial charge in [0.2, 0.25) is 0 Å². The standard InChI is InChI=1S/C18H22N6O/c1-12-5-4-6-14(9-12)24-13(2)15(10-20-24)18-21-17(22-25-18)16-11-19-7-8-23(16)3/h4-6,9-10,16,19H,7-8,11H2,1-3H3. The lowest BCUT2D eigenvalue weighted by molar-refractivity contribution is 0.190. The highest BCUT2D eigenvalue weighted by molar-refractivity contribution is 5.56.